The number of hydrogen-bond acceptors (Lipinski definition) is 4. The fraction of sp³-hybridized carbons (Fsp3) is 0.714. The Morgan fingerprint density at radius 2 is 2.26 bits per heavy atom. The van der Waals surface area contributed by atoms with Gasteiger partial charge in [-0.05, 0) is 32.1 Å². The number of halogens is 1. The first-order chi connectivity index (χ1) is 9.26. The van der Waals surface area contributed by atoms with Gasteiger partial charge in [-0.15, -0.1) is 0 Å². The highest BCUT2D eigenvalue weighted by Gasteiger charge is 2.24. The molecule has 106 valence electrons. The van der Waals surface area contributed by atoms with Gasteiger partial charge in [0.05, 0.1) is 6.20 Å². The highest BCUT2D eigenvalue weighted by molar-refractivity contribution is 6.32. The average molecular weight is 283 g/mol. The van der Waals surface area contributed by atoms with Gasteiger partial charge in [-0.2, -0.15) is 4.98 Å². The third kappa shape index (κ3) is 3.50. The lowest BCUT2D eigenvalue weighted by Gasteiger charge is -2.36. The molecule has 0 bridgehead atoms. The van der Waals surface area contributed by atoms with E-state index in [4.69, 9.17) is 11.6 Å². The molecule has 1 unspecified atom stereocenters. The Morgan fingerprint density at radius 1 is 1.42 bits per heavy atom. The van der Waals surface area contributed by atoms with Crippen molar-refractivity contribution < 1.29 is 0 Å². The second-order valence-electron chi connectivity index (χ2n) is 5.04. The lowest BCUT2D eigenvalue weighted by Crippen LogP contribution is -2.40. The molecule has 1 saturated heterocycles. The molecule has 0 aromatic carbocycles. The van der Waals surface area contributed by atoms with Gasteiger partial charge in [0.1, 0.15) is 5.02 Å². The summed E-state index contributed by atoms with van der Waals surface area (Å²) in [6.45, 7) is 6.29. The Hall–Kier alpha value is -1.03. The van der Waals surface area contributed by atoms with Gasteiger partial charge in [0.2, 0.25) is 5.95 Å². The molecule has 1 aromatic rings. The second kappa shape index (κ2) is 6.94. The zero-order valence-corrected chi connectivity index (χ0v) is 12.6. The summed E-state index contributed by atoms with van der Waals surface area (Å²) in [4.78, 5) is 11.2. The Kier molecular flexibility index (Phi) is 5.25. The molecule has 19 heavy (non-hydrogen) atoms. The van der Waals surface area contributed by atoms with E-state index < -0.39 is 0 Å². The number of anilines is 2. The van der Waals surface area contributed by atoms with Crippen molar-refractivity contribution in [1.29, 1.82) is 0 Å². The van der Waals surface area contributed by atoms with E-state index in [0.717, 1.165) is 31.7 Å². The maximum Gasteiger partial charge on any atom is 0.224 e. The van der Waals surface area contributed by atoms with Crippen LogP contribution >= 0.6 is 11.6 Å². The normalized spacial score (nSPS) is 19.5. The van der Waals surface area contributed by atoms with Crippen LogP contribution in [0, 0.1) is 0 Å². The highest BCUT2D eigenvalue weighted by Crippen LogP contribution is 2.30. The predicted octanol–water partition coefficient (Wildman–Crippen LogP) is 3.72. The van der Waals surface area contributed by atoms with Crippen LogP contribution in [0.25, 0.3) is 0 Å². The van der Waals surface area contributed by atoms with Gasteiger partial charge in [0.25, 0.3) is 0 Å². The summed E-state index contributed by atoms with van der Waals surface area (Å²) in [6, 6.07) is 0.556. The van der Waals surface area contributed by atoms with Crippen LogP contribution in [0.15, 0.2) is 6.20 Å². The first-order valence-electron chi connectivity index (χ1n) is 7.29. The SMILES string of the molecule is CCCNc1ncc(Cl)c(N2CCCCC2CC)n1. The molecule has 4 nitrogen and oxygen atoms in total. The summed E-state index contributed by atoms with van der Waals surface area (Å²) < 4.78 is 0. The molecule has 2 heterocycles. The van der Waals surface area contributed by atoms with Gasteiger partial charge in [-0.25, -0.2) is 4.98 Å². The standard InChI is InChI=1S/C14H23ClN4/c1-3-8-16-14-17-10-12(15)13(18-14)19-9-6-5-7-11(19)4-2/h10-11H,3-9H2,1-2H3,(H,16,17,18). The van der Waals surface area contributed by atoms with E-state index in [1.165, 1.54) is 19.3 Å². The molecule has 0 spiro atoms. The topological polar surface area (TPSA) is 41.1 Å². The maximum atomic E-state index is 6.29. The van der Waals surface area contributed by atoms with Crippen molar-refractivity contribution in [1.82, 2.24) is 9.97 Å². The van der Waals surface area contributed by atoms with Crippen molar-refractivity contribution in [3.63, 3.8) is 0 Å². The minimum atomic E-state index is 0.556. The van der Waals surface area contributed by atoms with Gasteiger partial charge < -0.3 is 10.2 Å². The summed E-state index contributed by atoms with van der Waals surface area (Å²) in [6.07, 6.45) is 7.66. The summed E-state index contributed by atoms with van der Waals surface area (Å²) in [5, 5.41) is 3.88. The molecular formula is C14H23ClN4. The monoisotopic (exact) mass is 282 g/mol. The molecule has 1 N–H and O–H groups in total. The van der Waals surface area contributed by atoms with Crippen LogP contribution in [0.1, 0.15) is 46.0 Å². The Morgan fingerprint density at radius 3 is 3.00 bits per heavy atom. The Labute approximate surface area is 120 Å². The predicted molar refractivity (Wildman–Crippen MR) is 81.1 cm³/mol. The third-order valence-corrected chi connectivity index (χ3v) is 3.90. The van der Waals surface area contributed by atoms with Gasteiger partial charge in [0.15, 0.2) is 5.82 Å². The van der Waals surface area contributed by atoms with Crippen LogP contribution in [-0.4, -0.2) is 29.1 Å². The van der Waals surface area contributed by atoms with Gasteiger partial charge in [-0.3, -0.25) is 0 Å². The van der Waals surface area contributed by atoms with Crippen molar-refractivity contribution in [2.45, 2.75) is 52.0 Å². The molecule has 1 fully saturated rings. The number of piperidine rings is 1. The van der Waals surface area contributed by atoms with E-state index in [1.54, 1.807) is 6.20 Å². The minimum absolute atomic E-state index is 0.556. The molecule has 5 heteroatoms. The summed E-state index contributed by atoms with van der Waals surface area (Å²) in [7, 11) is 0. The van der Waals surface area contributed by atoms with Crippen LogP contribution < -0.4 is 10.2 Å². The van der Waals surface area contributed by atoms with Crippen LogP contribution in [0.4, 0.5) is 11.8 Å². The Balaban J connectivity index is 2.21. The fourth-order valence-electron chi connectivity index (χ4n) is 2.59. The third-order valence-electron chi connectivity index (χ3n) is 3.63. The van der Waals surface area contributed by atoms with Crippen molar-refractivity contribution in [3.05, 3.63) is 11.2 Å². The van der Waals surface area contributed by atoms with Gasteiger partial charge >= 0.3 is 0 Å². The number of rotatable bonds is 5. The molecular weight excluding hydrogens is 260 g/mol. The second-order valence-corrected chi connectivity index (χ2v) is 5.45. The number of aromatic nitrogens is 2. The van der Waals surface area contributed by atoms with Crippen LogP contribution in [-0.2, 0) is 0 Å². The minimum Gasteiger partial charge on any atom is -0.354 e. The van der Waals surface area contributed by atoms with Gasteiger partial charge in [0, 0.05) is 19.1 Å². The van der Waals surface area contributed by atoms with Crippen molar-refractivity contribution in [2.24, 2.45) is 0 Å². The van der Waals surface area contributed by atoms with Crippen molar-refractivity contribution >= 4 is 23.4 Å². The van der Waals surface area contributed by atoms with E-state index >= 15 is 0 Å². The Bertz CT molecular complexity index is 410. The fourth-order valence-corrected chi connectivity index (χ4v) is 2.78. The van der Waals surface area contributed by atoms with E-state index in [9.17, 15) is 0 Å². The number of nitrogens with zero attached hydrogens (tertiary/aromatic N) is 3. The lowest BCUT2D eigenvalue weighted by molar-refractivity contribution is 0.447. The smallest absolute Gasteiger partial charge is 0.224 e. The summed E-state index contributed by atoms with van der Waals surface area (Å²) >= 11 is 6.29. The molecule has 0 aliphatic carbocycles. The van der Waals surface area contributed by atoms with Crippen LogP contribution in [0.2, 0.25) is 5.02 Å². The molecule has 1 aliphatic heterocycles. The number of hydrogen-bond donors (Lipinski definition) is 1. The van der Waals surface area contributed by atoms with Crippen LogP contribution in [0.5, 0.6) is 0 Å². The van der Waals surface area contributed by atoms with E-state index in [1.807, 2.05) is 0 Å². The van der Waals surface area contributed by atoms with E-state index in [2.05, 4.69) is 34.0 Å². The largest absolute Gasteiger partial charge is 0.354 e. The zero-order valence-electron chi connectivity index (χ0n) is 11.8. The highest BCUT2D eigenvalue weighted by atomic mass is 35.5. The molecule has 1 aliphatic rings. The molecule has 0 amide bonds. The van der Waals surface area contributed by atoms with E-state index in [-0.39, 0.29) is 0 Å². The molecule has 2 rings (SSSR count). The molecule has 1 aromatic heterocycles. The van der Waals surface area contributed by atoms with Gasteiger partial charge in [-0.1, -0.05) is 25.4 Å². The first kappa shape index (κ1) is 14.4. The van der Waals surface area contributed by atoms with Crippen molar-refractivity contribution in [2.75, 3.05) is 23.3 Å². The average Bonchev–Trinajstić information content (AvgIpc) is 2.46. The van der Waals surface area contributed by atoms with E-state index in [0.29, 0.717) is 17.0 Å². The molecule has 0 saturated carbocycles. The lowest BCUT2D eigenvalue weighted by atomic mass is 10.0. The first-order valence-corrected chi connectivity index (χ1v) is 7.67. The summed E-state index contributed by atoms with van der Waals surface area (Å²) in [5.41, 5.74) is 0. The summed E-state index contributed by atoms with van der Waals surface area (Å²) in [5.74, 6) is 1.57. The quantitative estimate of drug-likeness (QED) is 0.894. The zero-order chi connectivity index (χ0) is 13.7. The van der Waals surface area contributed by atoms with Crippen molar-refractivity contribution in [3.8, 4) is 0 Å². The molecule has 1 atom stereocenters. The number of nitrogens with one attached hydrogen (secondary N) is 1. The molecule has 0 radical (unpaired) electrons. The van der Waals surface area contributed by atoms with Crippen LogP contribution in [0.3, 0.4) is 0 Å². The maximum absolute atomic E-state index is 6.29.